The fraction of sp³-hybridized carbons (Fsp3) is 0.400. The summed E-state index contributed by atoms with van der Waals surface area (Å²) in [5, 5.41) is 0.454. The minimum Gasteiger partial charge on any atom is -0.460 e. The molecule has 0 fully saturated rings. The first-order valence-electron chi connectivity index (χ1n) is 6.88. The van der Waals surface area contributed by atoms with E-state index in [1.807, 2.05) is 27.7 Å². The number of nitrogens with one attached hydrogen (secondary N) is 1. The lowest BCUT2D eigenvalue weighted by Gasteiger charge is -2.01. The van der Waals surface area contributed by atoms with Crippen molar-refractivity contribution in [1.82, 2.24) is 9.97 Å². The third kappa shape index (κ3) is 4.50. The number of fused-ring (bicyclic) bond motifs is 1. The van der Waals surface area contributed by atoms with Crippen LogP contribution in [0.4, 0.5) is 0 Å². The van der Waals surface area contributed by atoms with Crippen molar-refractivity contribution >= 4 is 16.9 Å². The van der Waals surface area contributed by atoms with E-state index in [0.717, 1.165) is 0 Å². The van der Waals surface area contributed by atoms with Gasteiger partial charge in [0.05, 0.1) is 17.5 Å². The highest BCUT2D eigenvalue weighted by molar-refractivity contribution is 5.88. The molecule has 0 amide bonds. The van der Waals surface area contributed by atoms with E-state index in [2.05, 4.69) is 9.97 Å². The zero-order valence-corrected chi connectivity index (χ0v) is 12.7. The van der Waals surface area contributed by atoms with Crippen molar-refractivity contribution < 1.29 is 9.53 Å². The molecule has 2 rings (SSSR count). The van der Waals surface area contributed by atoms with Crippen LogP contribution in [-0.4, -0.2) is 22.5 Å². The summed E-state index contributed by atoms with van der Waals surface area (Å²) in [6, 6.07) is 6.82. The van der Waals surface area contributed by atoms with Crippen molar-refractivity contribution in [3.8, 4) is 0 Å². The number of benzene rings is 1. The molecule has 0 radical (unpaired) electrons. The van der Waals surface area contributed by atoms with Crippen LogP contribution < -0.4 is 5.56 Å². The average Bonchev–Trinajstić information content (AvgIpc) is 2.51. The number of esters is 1. The third-order valence-electron chi connectivity index (χ3n) is 2.08. The molecule has 0 bridgehead atoms. The monoisotopic (exact) mass is 278 g/mol. The van der Waals surface area contributed by atoms with Crippen LogP contribution in [0.1, 0.15) is 45.2 Å². The Balaban J connectivity index is 0.000000829. The number of nitrogens with zero attached hydrogens (tertiary/aromatic N) is 1. The van der Waals surface area contributed by atoms with Gasteiger partial charge in [0.15, 0.2) is 0 Å². The van der Waals surface area contributed by atoms with Gasteiger partial charge >= 0.3 is 5.97 Å². The lowest BCUT2D eigenvalue weighted by Crippen LogP contribution is -2.17. The lowest BCUT2D eigenvalue weighted by molar-refractivity contribution is 0.0512. The van der Waals surface area contributed by atoms with E-state index < -0.39 is 5.97 Å². The van der Waals surface area contributed by atoms with Gasteiger partial charge in [-0.25, -0.2) is 9.78 Å². The fourth-order valence-corrected chi connectivity index (χ4v) is 1.38. The number of rotatable bonds is 2. The SMILES string of the molecule is CC.CC.CCOC(=O)c1nc2ccccc2c(=O)[nH]1. The van der Waals surface area contributed by atoms with Gasteiger partial charge < -0.3 is 9.72 Å². The summed E-state index contributed by atoms with van der Waals surface area (Å²) in [6.45, 7) is 9.94. The predicted molar refractivity (Wildman–Crippen MR) is 81.0 cm³/mol. The van der Waals surface area contributed by atoms with Gasteiger partial charge in [-0.3, -0.25) is 4.79 Å². The van der Waals surface area contributed by atoms with Crippen molar-refractivity contribution in [3.05, 3.63) is 40.4 Å². The molecule has 0 unspecified atom stereocenters. The van der Waals surface area contributed by atoms with E-state index >= 15 is 0 Å². The van der Waals surface area contributed by atoms with Gasteiger partial charge in [0.25, 0.3) is 5.56 Å². The van der Waals surface area contributed by atoms with E-state index in [-0.39, 0.29) is 18.0 Å². The Hall–Kier alpha value is -2.17. The molecular weight excluding hydrogens is 256 g/mol. The van der Waals surface area contributed by atoms with E-state index in [1.165, 1.54) is 0 Å². The van der Waals surface area contributed by atoms with Crippen molar-refractivity contribution in [3.63, 3.8) is 0 Å². The smallest absolute Gasteiger partial charge is 0.374 e. The number of carbonyl (C=O) groups is 1. The summed E-state index contributed by atoms with van der Waals surface area (Å²) in [6.07, 6.45) is 0. The molecule has 0 saturated heterocycles. The van der Waals surface area contributed by atoms with Crippen molar-refractivity contribution in [2.75, 3.05) is 6.61 Å². The zero-order valence-electron chi connectivity index (χ0n) is 12.7. The topological polar surface area (TPSA) is 72.0 Å². The third-order valence-corrected chi connectivity index (χ3v) is 2.08. The van der Waals surface area contributed by atoms with Crippen molar-refractivity contribution in [2.24, 2.45) is 0 Å². The van der Waals surface area contributed by atoms with E-state index in [0.29, 0.717) is 10.9 Å². The van der Waals surface area contributed by atoms with Crippen LogP contribution in [-0.2, 0) is 4.74 Å². The second-order valence-electron chi connectivity index (χ2n) is 3.15. The Morgan fingerprint density at radius 1 is 1.20 bits per heavy atom. The van der Waals surface area contributed by atoms with Gasteiger partial charge in [-0.05, 0) is 19.1 Å². The average molecular weight is 278 g/mol. The van der Waals surface area contributed by atoms with Crippen molar-refractivity contribution in [1.29, 1.82) is 0 Å². The standard InChI is InChI=1S/C11H10N2O3.2C2H6/c1-2-16-11(15)9-12-8-6-4-3-5-7(8)10(14)13-9;2*1-2/h3-6H,2H2,1H3,(H,12,13,14);2*1-2H3. The maximum Gasteiger partial charge on any atom is 0.374 e. The van der Waals surface area contributed by atoms with E-state index in [9.17, 15) is 9.59 Å². The lowest BCUT2D eigenvalue weighted by atomic mass is 10.2. The number of hydrogen-bond acceptors (Lipinski definition) is 4. The van der Waals surface area contributed by atoms with Crippen LogP contribution in [0.25, 0.3) is 10.9 Å². The number of aromatic amines is 1. The van der Waals surface area contributed by atoms with Crippen LogP contribution in [0.15, 0.2) is 29.1 Å². The van der Waals surface area contributed by atoms with Crippen LogP contribution in [0, 0.1) is 0 Å². The molecule has 1 N–H and O–H groups in total. The molecule has 0 aliphatic heterocycles. The molecule has 0 spiro atoms. The predicted octanol–water partition coefficient (Wildman–Crippen LogP) is 3.15. The molecule has 0 atom stereocenters. The number of H-pyrrole nitrogens is 1. The Morgan fingerprint density at radius 3 is 2.40 bits per heavy atom. The first-order valence-corrected chi connectivity index (χ1v) is 6.88. The number of hydrogen-bond donors (Lipinski definition) is 1. The Kier molecular flexibility index (Phi) is 8.67. The number of ether oxygens (including phenoxy) is 1. The maximum atomic E-state index is 11.6. The normalized spacial score (nSPS) is 8.85. The molecule has 0 aliphatic carbocycles. The Morgan fingerprint density at radius 2 is 1.80 bits per heavy atom. The summed E-state index contributed by atoms with van der Waals surface area (Å²) in [5.41, 5.74) is 0.142. The minimum absolute atomic E-state index is 0.0643. The molecule has 2 aromatic rings. The summed E-state index contributed by atoms with van der Waals surface area (Å²) < 4.78 is 4.76. The van der Waals surface area contributed by atoms with Crippen molar-refractivity contribution in [2.45, 2.75) is 34.6 Å². The zero-order chi connectivity index (χ0) is 15.5. The largest absolute Gasteiger partial charge is 0.460 e. The summed E-state index contributed by atoms with van der Waals surface area (Å²) in [4.78, 5) is 29.4. The Labute approximate surface area is 119 Å². The molecule has 0 aliphatic rings. The minimum atomic E-state index is -0.620. The van der Waals surface area contributed by atoms with E-state index in [1.54, 1.807) is 31.2 Å². The quantitative estimate of drug-likeness (QED) is 0.856. The highest BCUT2D eigenvalue weighted by Gasteiger charge is 2.11. The molecule has 0 saturated carbocycles. The first-order chi connectivity index (χ1) is 9.72. The summed E-state index contributed by atoms with van der Waals surface area (Å²) in [7, 11) is 0. The van der Waals surface area contributed by atoms with Gasteiger partial charge in [-0.1, -0.05) is 39.8 Å². The summed E-state index contributed by atoms with van der Waals surface area (Å²) >= 11 is 0. The fourth-order valence-electron chi connectivity index (χ4n) is 1.38. The molecule has 110 valence electrons. The Bertz CT molecular complexity index is 591. The second kappa shape index (κ2) is 9.72. The van der Waals surface area contributed by atoms with Crippen LogP contribution >= 0.6 is 0 Å². The van der Waals surface area contributed by atoms with Crippen LogP contribution in [0.3, 0.4) is 0 Å². The summed E-state index contributed by atoms with van der Waals surface area (Å²) in [5.74, 6) is -0.684. The number of para-hydroxylation sites is 1. The van der Waals surface area contributed by atoms with E-state index in [4.69, 9.17) is 4.74 Å². The molecule has 1 heterocycles. The highest BCUT2D eigenvalue weighted by Crippen LogP contribution is 2.05. The number of aromatic nitrogens is 2. The van der Waals surface area contributed by atoms with Gasteiger partial charge in [0.1, 0.15) is 0 Å². The molecular formula is C15H22N2O3. The van der Waals surface area contributed by atoms with Crippen LogP contribution in [0.5, 0.6) is 0 Å². The van der Waals surface area contributed by atoms with Gasteiger partial charge in [-0.2, -0.15) is 0 Å². The second-order valence-corrected chi connectivity index (χ2v) is 3.15. The first kappa shape index (κ1) is 17.8. The maximum absolute atomic E-state index is 11.6. The highest BCUT2D eigenvalue weighted by atomic mass is 16.5. The van der Waals surface area contributed by atoms with Gasteiger partial charge in [-0.15, -0.1) is 0 Å². The molecule has 5 heteroatoms. The molecule has 1 aromatic carbocycles. The molecule has 1 aromatic heterocycles. The number of carbonyl (C=O) groups excluding carboxylic acids is 1. The van der Waals surface area contributed by atoms with Gasteiger partial charge in [0.2, 0.25) is 5.82 Å². The van der Waals surface area contributed by atoms with Crippen LogP contribution in [0.2, 0.25) is 0 Å². The molecule has 5 nitrogen and oxygen atoms in total. The van der Waals surface area contributed by atoms with Gasteiger partial charge in [0, 0.05) is 0 Å². The molecule has 20 heavy (non-hydrogen) atoms.